The molecule has 4 nitrogen and oxygen atoms in total. The molecule has 1 saturated heterocycles. The van der Waals surface area contributed by atoms with Gasteiger partial charge in [0.1, 0.15) is 5.75 Å². The first kappa shape index (κ1) is 11.9. The summed E-state index contributed by atoms with van der Waals surface area (Å²) in [4.78, 5) is 1.79. The van der Waals surface area contributed by atoms with E-state index in [1.54, 1.807) is 4.90 Å². The quantitative estimate of drug-likeness (QED) is 0.515. The first-order valence-electron chi connectivity index (χ1n) is 4.46. The average Bonchev–Trinajstić information content (AvgIpc) is 2.25. The van der Waals surface area contributed by atoms with E-state index in [1.807, 2.05) is 21.0 Å². The molecule has 0 saturated carbocycles. The van der Waals surface area contributed by atoms with Gasteiger partial charge in [0.25, 0.3) is 0 Å². The topological polar surface area (TPSA) is 52.6 Å². The van der Waals surface area contributed by atoms with Crippen molar-refractivity contribution in [3.05, 3.63) is 0 Å². The smallest absolute Gasteiger partial charge is 0.216 e. The Labute approximate surface area is 91.3 Å². The lowest BCUT2D eigenvalue weighted by Crippen LogP contribution is -2.50. The number of nitrogens with zero attached hydrogens (tertiary/aromatic N) is 1. The number of thiocarbonyl (C=S) groups is 1. The fourth-order valence-corrected chi connectivity index (χ4v) is 3.87. The normalized spacial score (nSPS) is 36.9. The third kappa shape index (κ3) is 2.90. The van der Waals surface area contributed by atoms with Crippen molar-refractivity contribution in [3.8, 4) is 0 Å². The van der Waals surface area contributed by atoms with E-state index < -0.39 is 10.2 Å². The summed E-state index contributed by atoms with van der Waals surface area (Å²) in [6, 6.07) is 0. The van der Waals surface area contributed by atoms with Gasteiger partial charge in [-0.05, 0) is 19.1 Å². The molecule has 14 heavy (non-hydrogen) atoms. The summed E-state index contributed by atoms with van der Waals surface area (Å²) in [6.45, 7) is 1.94. The van der Waals surface area contributed by atoms with Crippen molar-refractivity contribution in [1.82, 2.24) is 10.2 Å². The zero-order valence-electron chi connectivity index (χ0n) is 8.74. The molecule has 1 fully saturated rings. The maximum absolute atomic E-state index is 11.4. The third-order valence-electron chi connectivity index (χ3n) is 2.33. The van der Waals surface area contributed by atoms with Gasteiger partial charge >= 0.3 is 0 Å². The molecule has 0 aromatic heterocycles. The molecule has 0 amide bonds. The van der Waals surface area contributed by atoms with E-state index in [4.69, 9.17) is 12.2 Å². The molecule has 1 aliphatic heterocycles. The van der Waals surface area contributed by atoms with Gasteiger partial charge in [0.05, 0.1) is 5.54 Å². The predicted molar refractivity (Wildman–Crippen MR) is 62.9 cm³/mol. The molecule has 1 aliphatic rings. The minimum atomic E-state index is -2.62. The zero-order chi connectivity index (χ0) is 11.0. The van der Waals surface area contributed by atoms with Crippen molar-refractivity contribution in [2.45, 2.75) is 18.9 Å². The summed E-state index contributed by atoms with van der Waals surface area (Å²) in [5, 5.41) is 3.74. The fourth-order valence-electron chi connectivity index (χ4n) is 1.50. The second-order valence-corrected chi connectivity index (χ2v) is 6.89. The van der Waals surface area contributed by atoms with Gasteiger partial charge in [-0.2, -0.15) is 4.55 Å². The molecular formula is C8H17N2O2S2+. The van der Waals surface area contributed by atoms with Gasteiger partial charge in [-0.1, -0.05) is 4.21 Å². The number of rotatable bonds is 1. The third-order valence-corrected chi connectivity index (χ3v) is 4.73. The van der Waals surface area contributed by atoms with Crippen LogP contribution in [-0.4, -0.2) is 45.7 Å². The van der Waals surface area contributed by atoms with Gasteiger partial charge in [0, 0.05) is 20.5 Å². The molecule has 2 atom stereocenters. The molecule has 0 spiro atoms. The van der Waals surface area contributed by atoms with Gasteiger partial charge in [-0.3, -0.25) is 0 Å². The molecular weight excluding hydrogens is 220 g/mol. The van der Waals surface area contributed by atoms with Crippen LogP contribution in [0.3, 0.4) is 0 Å². The highest BCUT2D eigenvalue weighted by atomic mass is 32.3. The van der Waals surface area contributed by atoms with Crippen LogP contribution in [0.4, 0.5) is 0 Å². The van der Waals surface area contributed by atoms with Crippen LogP contribution >= 0.6 is 12.2 Å². The largest absolute Gasteiger partial charge is 0.355 e. The second kappa shape index (κ2) is 3.75. The molecule has 6 heteroatoms. The summed E-state index contributed by atoms with van der Waals surface area (Å²) in [5.74, 6) is 0.653. The Morgan fingerprint density at radius 3 is 2.57 bits per heavy atom. The van der Waals surface area contributed by atoms with E-state index in [0.29, 0.717) is 17.3 Å². The summed E-state index contributed by atoms with van der Waals surface area (Å²) in [6.07, 6.45) is 0.691. The van der Waals surface area contributed by atoms with E-state index >= 15 is 0 Å². The van der Waals surface area contributed by atoms with Crippen LogP contribution in [0.1, 0.15) is 13.3 Å². The van der Waals surface area contributed by atoms with Crippen LogP contribution in [0.2, 0.25) is 0 Å². The summed E-state index contributed by atoms with van der Waals surface area (Å²) in [7, 11) is 1.09. The van der Waals surface area contributed by atoms with Crippen LogP contribution in [-0.2, 0) is 14.4 Å². The highest BCUT2D eigenvalue weighted by Gasteiger charge is 2.47. The van der Waals surface area contributed by atoms with E-state index in [0.717, 1.165) is 0 Å². The van der Waals surface area contributed by atoms with Crippen molar-refractivity contribution in [3.63, 3.8) is 0 Å². The van der Waals surface area contributed by atoms with Gasteiger partial charge in [-0.15, -0.1) is 0 Å². The molecule has 0 radical (unpaired) electrons. The van der Waals surface area contributed by atoms with Crippen LogP contribution in [0, 0.1) is 0 Å². The lowest BCUT2D eigenvalue weighted by Gasteiger charge is -2.26. The summed E-state index contributed by atoms with van der Waals surface area (Å²) in [5.41, 5.74) is -0.326. The Hall–Kier alpha value is -0.200. The highest BCUT2D eigenvalue weighted by Crippen LogP contribution is 2.26. The summed E-state index contributed by atoms with van der Waals surface area (Å²) >= 11 is 5.10. The zero-order valence-corrected chi connectivity index (χ0v) is 10.4. The molecule has 1 unspecified atom stereocenters. The van der Waals surface area contributed by atoms with Gasteiger partial charge in [0.15, 0.2) is 10.9 Å². The molecule has 0 aliphatic carbocycles. The summed E-state index contributed by atoms with van der Waals surface area (Å²) < 4.78 is 20.8. The Morgan fingerprint density at radius 1 is 1.64 bits per heavy atom. The van der Waals surface area contributed by atoms with E-state index in [-0.39, 0.29) is 11.3 Å². The van der Waals surface area contributed by atoms with E-state index in [1.165, 1.54) is 0 Å². The lowest BCUT2D eigenvalue weighted by atomic mass is 10.0. The second-order valence-electron chi connectivity index (χ2n) is 4.26. The Kier molecular flexibility index (Phi) is 3.18. The minimum Gasteiger partial charge on any atom is -0.355 e. The van der Waals surface area contributed by atoms with Crippen molar-refractivity contribution in [2.24, 2.45) is 0 Å². The van der Waals surface area contributed by atoms with Crippen LogP contribution in [0.5, 0.6) is 0 Å². The maximum atomic E-state index is 11.4. The number of nitrogens with one attached hydrogen (secondary N) is 1. The molecule has 0 aromatic rings. The first-order chi connectivity index (χ1) is 6.24. The standard InChI is InChI=1S/C8H16N2O2S2/c1-8(9-7(13)10(2)3)4-5-14(11,12)6-8/h4-6H2,1-3H3,(H-,9,11,12,13)/p+1/t8-/m0/s1. The van der Waals surface area contributed by atoms with Crippen LogP contribution in [0.15, 0.2) is 0 Å². The monoisotopic (exact) mass is 237 g/mol. The van der Waals surface area contributed by atoms with Gasteiger partial charge < -0.3 is 10.2 Å². The Morgan fingerprint density at radius 2 is 2.21 bits per heavy atom. The number of hydrogen-bond acceptors (Lipinski definition) is 2. The van der Waals surface area contributed by atoms with E-state index in [9.17, 15) is 8.76 Å². The minimum absolute atomic E-state index is 0.286. The van der Waals surface area contributed by atoms with Gasteiger partial charge in [0.2, 0.25) is 10.2 Å². The fraction of sp³-hybridized carbons (Fsp3) is 0.875. The predicted octanol–water partition coefficient (Wildman–Crippen LogP) is 0.557. The maximum Gasteiger partial charge on any atom is 0.216 e. The Balaban J connectivity index is 2.62. The highest BCUT2D eigenvalue weighted by molar-refractivity contribution is 7.98. The van der Waals surface area contributed by atoms with Crippen LogP contribution < -0.4 is 5.32 Å². The SMILES string of the molecule is CN(C)C(=S)N[C@@]1(C)CC[S+](=O)(O)C1. The van der Waals surface area contributed by atoms with E-state index in [2.05, 4.69) is 5.32 Å². The van der Waals surface area contributed by atoms with Gasteiger partial charge in [-0.25, -0.2) is 0 Å². The molecule has 1 rings (SSSR count). The van der Waals surface area contributed by atoms with Crippen molar-refractivity contribution in [2.75, 3.05) is 25.6 Å². The molecule has 0 aromatic carbocycles. The first-order valence-corrected chi connectivity index (χ1v) is 6.72. The number of hydrogen-bond donors (Lipinski definition) is 2. The lowest BCUT2D eigenvalue weighted by molar-refractivity contribution is 0.442. The van der Waals surface area contributed by atoms with Crippen LogP contribution in [0.25, 0.3) is 0 Å². The molecule has 2 N–H and O–H groups in total. The molecule has 82 valence electrons. The van der Waals surface area contributed by atoms with Crippen molar-refractivity contribution in [1.29, 1.82) is 0 Å². The molecule has 1 heterocycles. The van der Waals surface area contributed by atoms with Crippen molar-refractivity contribution < 1.29 is 8.76 Å². The molecule has 0 bridgehead atoms. The average molecular weight is 237 g/mol. The Bertz CT molecular complexity index is 293. The van der Waals surface area contributed by atoms with Crippen molar-refractivity contribution >= 4 is 27.5 Å².